The van der Waals surface area contributed by atoms with E-state index in [1.807, 2.05) is 6.07 Å². The van der Waals surface area contributed by atoms with Crippen molar-refractivity contribution in [2.24, 2.45) is 5.92 Å². The Hall–Kier alpha value is -2.00. The molecule has 2 atom stereocenters. The Morgan fingerprint density at radius 2 is 1.65 bits per heavy atom. The molecule has 2 fully saturated rings. The number of hydrogen-bond acceptors (Lipinski definition) is 2. The molecule has 2 aliphatic rings. The quantitative estimate of drug-likeness (QED) is 0.773. The standard InChI is InChI=1S/C23H26FNO/c24-20-9-4-8-18(12-20)13-23(26)19-14-21-10-5-11-22(15-19)25(21)16-17-6-2-1-3-7-17/h1-4,6-9,12,19,21-22H,5,10-11,13-16H2. The van der Waals surface area contributed by atoms with Crippen molar-refractivity contribution in [2.75, 3.05) is 0 Å². The van der Waals surface area contributed by atoms with Crippen LogP contribution in [0.1, 0.15) is 43.2 Å². The molecule has 0 aromatic heterocycles. The fraction of sp³-hybridized carbons (Fsp3) is 0.435. The Morgan fingerprint density at radius 3 is 2.35 bits per heavy atom. The lowest BCUT2D eigenvalue weighted by Crippen LogP contribution is -2.52. The number of benzene rings is 2. The highest BCUT2D eigenvalue weighted by molar-refractivity contribution is 5.83. The highest BCUT2D eigenvalue weighted by Crippen LogP contribution is 2.38. The minimum atomic E-state index is -0.259. The van der Waals surface area contributed by atoms with Crippen molar-refractivity contribution < 1.29 is 9.18 Å². The predicted molar refractivity (Wildman–Crippen MR) is 101 cm³/mol. The van der Waals surface area contributed by atoms with Crippen LogP contribution in [0.3, 0.4) is 0 Å². The molecule has 0 saturated carbocycles. The van der Waals surface area contributed by atoms with Crippen molar-refractivity contribution in [1.29, 1.82) is 0 Å². The van der Waals surface area contributed by atoms with E-state index in [9.17, 15) is 9.18 Å². The van der Waals surface area contributed by atoms with Gasteiger partial charge in [0.15, 0.2) is 0 Å². The molecule has 4 rings (SSSR count). The SMILES string of the molecule is O=C(Cc1cccc(F)c1)C1CC2CCCC(C1)N2Cc1ccccc1. The van der Waals surface area contributed by atoms with Crippen molar-refractivity contribution in [1.82, 2.24) is 4.90 Å². The molecular formula is C23H26FNO. The molecule has 0 radical (unpaired) electrons. The number of piperidine rings is 2. The molecule has 2 heterocycles. The topological polar surface area (TPSA) is 20.3 Å². The van der Waals surface area contributed by atoms with E-state index in [0.29, 0.717) is 18.5 Å². The smallest absolute Gasteiger partial charge is 0.140 e. The summed E-state index contributed by atoms with van der Waals surface area (Å²) in [5.74, 6) is 0.150. The second-order valence-corrected chi connectivity index (χ2v) is 7.84. The van der Waals surface area contributed by atoms with Crippen LogP contribution in [-0.4, -0.2) is 22.8 Å². The van der Waals surface area contributed by atoms with Crippen LogP contribution in [0.15, 0.2) is 54.6 Å². The van der Waals surface area contributed by atoms with Crippen molar-refractivity contribution in [2.45, 2.75) is 57.2 Å². The maximum Gasteiger partial charge on any atom is 0.140 e. The van der Waals surface area contributed by atoms with Crippen molar-refractivity contribution in [3.8, 4) is 0 Å². The van der Waals surface area contributed by atoms with E-state index in [1.54, 1.807) is 6.07 Å². The highest BCUT2D eigenvalue weighted by Gasteiger charge is 2.40. The first-order chi connectivity index (χ1) is 12.7. The molecule has 0 aliphatic carbocycles. The average molecular weight is 351 g/mol. The number of fused-ring (bicyclic) bond motifs is 2. The van der Waals surface area contributed by atoms with Gasteiger partial charge in [-0.1, -0.05) is 48.9 Å². The first-order valence-electron chi connectivity index (χ1n) is 9.76. The maximum atomic E-state index is 13.4. The van der Waals surface area contributed by atoms with Gasteiger partial charge in [-0.05, 0) is 48.9 Å². The molecule has 2 bridgehead atoms. The largest absolute Gasteiger partial charge is 0.299 e. The summed E-state index contributed by atoms with van der Waals surface area (Å²) in [5.41, 5.74) is 2.15. The van der Waals surface area contributed by atoms with Crippen LogP contribution in [-0.2, 0) is 17.8 Å². The summed E-state index contributed by atoms with van der Waals surface area (Å²) in [6, 6.07) is 18.1. The van der Waals surface area contributed by atoms with Crippen molar-refractivity contribution in [3.05, 3.63) is 71.5 Å². The number of halogens is 1. The van der Waals surface area contributed by atoms with Crippen LogP contribution in [0.5, 0.6) is 0 Å². The van der Waals surface area contributed by atoms with E-state index in [0.717, 1.165) is 24.9 Å². The van der Waals surface area contributed by atoms with Gasteiger partial charge >= 0.3 is 0 Å². The molecule has 0 N–H and O–H groups in total. The Morgan fingerprint density at radius 1 is 0.962 bits per heavy atom. The first kappa shape index (κ1) is 17.4. The molecule has 0 amide bonds. The zero-order chi connectivity index (χ0) is 17.9. The Kier molecular flexibility index (Phi) is 5.16. The lowest BCUT2D eigenvalue weighted by atomic mass is 9.75. The summed E-state index contributed by atoms with van der Waals surface area (Å²) in [6.45, 7) is 0.987. The van der Waals surface area contributed by atoms with Crippen LogP contribution >= 0.6 is 0 Å². The minimum absolute atomic E-state index is 0.126. The molecular weight excluding hydrogens is 325 g/mol. The van der Waals surface area contributed by atoms with Gasteiger partial charge in [-0.15, -0.1) is 0 Å². The normalized spacial score (nSPS) is 25.8. The van der Waals surface area contributed by atoms with Crippen LogP contribution < -0.4 is 0 Å². The summed E-state index contributed by atoms with van der Waals surface area (Å²) >= 11 is 0. The van der Waals surface area contributed by atoms with E-state index < -0.39 is 0 Å². The van der Waals surface area contributed by atoms with Gasteiger partial charge in [0.1, 0.15) is 11.6 Å². The maximum absolute atomic E-state index is 13.4. The lowest BCUT2D eigenvalue weighted by molar-refractivity contribution is -0.126. The van der Waals surface area contributed by atoms with Gasteiger partial charge in [0, 0.05) is 31.0 Å². The lowest BCUT2D eigenvalue weighted by Gasteiger charge is -2.48. The number of nitrogens with zero attached hydrogens (tertiary/aromatic N) is 1. The van der Waals surface area contributed by atoms with E-state index >= 15 is 0 Å². The van der Waals surface area contributed by atoms with Crippen LogP contribution in [0.2, 0.25) is 0 Å². The summed E-state index contributed by atoms with van der Waals surface area (Å²) < 4.78 is 13.4. The fourth-order valence-electron chi connectivity index (χ4n) is 4.79. The summed E-state index contributed by atoms with van der Waals surface area (Å²) in [5, 5.41) is 0. The van der Waals surface area contributed by atoms with Crippen LogP contribution in [0.25, 0.3) is 0 Å². The highest BCUT2D eigenvalue weighted by atomic mass is 19.1. The number of hydrogen-bond donors (Lipinski definition) is 0. The zero-order valence-corrected chi connectivity index (χ0v) is 15.1. The molecule has 3 heteroatoms. The van der Waals surface area contributed by atoms with Crippen molar-refractivity contribution >= 4 is 5.78 Å². The summed E-state index contributed by atoms with van der Waals surface area (Å²) in [4.78, 5) is 15.5. The third kappa shape index (κ3) is 3.88. The molecule has 2 nitrogen and oxygen atoms in total. The number of rotatable bonds is 5. The molecule has 2 unspecified atom stereocenters. The molecule has 0 spiro atoms. The van der Waals surface area contributed by atoms with E-state index in [-0.39, 0.29) is 17.5 Å². The fourth-order valence-corrected chi connectivity index (χ4v) is 4.79. The molecule has 2 saturated heterocycles. The average Bonchev–Trinajstić information content (AvgIpc) is 2.62. The van der Waals surface area contributed by atoms with Crippen LogP contribution in [0, 0.1) is 11.7 Å². The summed E-state index contributed by atoms with van der Waals surface area (Å²) in [6.07, 6.45) is 5.92. The number of carbonyl (C=O) groups excluding carboxylic acids is 1. The zero-order valence-electron chi connectivity index (χ0n) is 15.1. The van der Waals surface area contributed by atoms with Gasteiger partial charge in [0.25, 0.3) is 0 Å². The van der Waals surface area contributed by atoms with E-state index in [4.69, 9.17) is 0 Å². The Labute approximate surface area is 155 Å². The van der Waals surface area contributed by atoms with Gasteiger partial charge < -0.3 is 0 Å². The first-order valence-corrected chi connectivity index (χ1v) is 9.76. The number of ketones is 1. The van der Waals surface area contributed by atoms with E-state index in [2.05, 4.69) is 35.2 Å². The second-order valence-electron chi connectivity index (χ2n) is 7.84. The number of carbonyl (C=O) groups is 1. The van der Waals surface area contributed by atoms with Crippen LogP contribution in [0.4, 0.5) is 4.39 Å². The predicted octanol–water partition coefficient (Wildman–Crippen LogP) is 4.77. The molecule has 26 heavy (non-hydrogen) atoms. The third-order valence-corrected chi connectivity index (χ3v) is 6.06. The van der Waals surface area contributed by atoms with E-state index in [1.165, 1.54) is 37.0 Å². The summed E-state index contributed by atoms with van der Waals surface area (Å²) in [7, 11) is 0. The van der Waals surface area contributed by atoms with Gasteiger partial charge in [-0.3, -0.25) is 9.69 Å². The molecule has 2 aromatic rings. The second kappa shape index (κ2) is 7.71. The molecule has 2 aliphatic heterocycles. The molecule has 2 aromatic carbocycles. The molecule has 136 valence electrons. The van der Waals surface area contributed by atoms with Crippen molar-refractivity contribution in [3.63, 3.8) is 0 Å². The van der Waals surface area contributed by atoms with Gasteiger partial charge in [-0.2, -0.15) is 0 Å². The Bertz CT molecular complexity index is 746. The Balaban J connectivity index is 1.43. The van der Waals surface area contributed by atoms with Gasteiger partial charge in [-0.25, -0.2) is 4.39 Å². The number of Topliss-reactive ketones (excluding diaryl/α,β-unsaturated/α-hetero) is 1. The van der Waals surface area contributed by atoms with Gasteiger partial charge in [0.2, 0.25) is 0 Å². The monoisotopic (exact) mass is 351 g/mol. The minimum Gasteiger partial charge on any atom is -0.299 e. The van der Waals surface area contributed by atoms with Gasteiger partial charge in [0.05, 0.1) is 0 Å². The third-order valence-electron chi connectivity index (χ3n) is 6.06.